The zero-order valence-corrected chi connectivity index (χ0v) is 15.0. The normalized spacial score (nSPS) is 13.3. The molecule has 2 aromatic heterocycles. The average molecular weight is 403 g/mol. The van der Waals surface area contributed by atoms with Crippen molar-refractivity contribution in [1.29, 1.82) is 0 Å². The molecule has 1 N–H and O–H groups in total. The average Bonchev–Trinajstić information content (AvgIpc) is 2.98. The van der Waals surface area contributed by atoms with E-state index in [2.05, 4.69) is 10.1 Å². The lowest BCUT2D eigenvalue weighted by Crippen LogP contribution is -2.17. The molecular formula is C18H15F6N3O. The summed E-state index contributed by atoms with van der Waals surface area (Å²) in [6.45, 7) is 5.60. The highest BCUT2D eigenvalue weighted by atomic mass is 19.4. The van der Waals surface area contributed by atoms with Crippen molar-refractivity contribution in [2.24, 2.45) is 0 Å². The van der Waals surface area contributed by atoms with Crippen molar-refractivity contribution < 1.29 is 26.3 Å². The summed E-state index contributed by atoms with van der Waals surface area (Å²) in [5, 5.41) is 2.84. The van der Waals surface area contributed by atoms with Crippen LogP contribution in [-0.4, -0.2) is 14.6 Å². The largest absolute Gasteiger partial charge is 0.416 e. The van der Waals surface area contributed by atoms with E-state index < -0.39 is 34.6 Å². The molecule has 0 amide bonds. The van der Waals surface area contributed by atoms with Gasteiger partial charge in [-0.15, -0.1) is 0 Å². The van der Waals surface area contributed by atoms with Crippen LogP contribution in [0.3, 0.4) is 0 Å². The second kappa shape index (κ2) is 6.11. The summed E-state index contributed by atoms with van der Waals surface area (Å²) in [5.74, 6) is 0. The molecule has 0 atom stereocenters. The molecule has 0 fully saturated rings. The Kier molecular flexibility index (Phi) is 4.36. The molecule has 10 heteroatoms. The molecule has 0 saturated heterocycles. The molecule has 0 unspecified atom stereocenters. The molecule has 0 aliphatic carbocycles. The second-order valence-corrected chi connectivity index (χ2v) is 7.39. The lowest BCUT2D eigenvalue weighted by Gasteiger charge is -2.14. The molecule has 2 heterocycles. The molecule has 0 radical (unpaired) electrons. The SMILES string of the molecule is CC(C)(C)c1cc2nc(-c3cc(C(F)(F)F)cc(C(F)(F)F)c3)cc(=O)n2[nH]1. The van der Waals surface area contributed by atoms with Crippen LogP contribution in [0.15, 0.2) is 35.1 Å². The predicted molar refractivity (Wildman–Crippen MR) is 90.0 cm³/mol. The van der Waals surface area contributed by atoms with Gasteiger partial charge in [-0.1, -0.05) is 20.8 Å². The van der Waals surface area contributed by atoms with E-state index in [-0.39, 0.29) is 22.8 Å². The highest BCUT2D eigenvalue weighted by molar-refractivity contribution is 5.64. The molecule has 0 aliphatic rings. The van der Waals surface area contributed by atoms with Gasteiger partial charge in [0.25, 0.3) is 5.56 Å². The third-order valence-electron chi connectivity index (χ3n) is 4.14. The summed E-state index contributed by atoms with van der Waals surface area (Å²) >= 11 is 0. The van der Waals surface area contributed by atoms with Gasteiger partial charge in [0.05, 0.1) is 16.8 Å². The number of hydrogen-bond acceptors (Lipinski definition) is 2. The van der Waals surface area contributed by atoms with Gasteiger partial charge in [-0.05, 0) is 18.2 Å². The molecule has 0 aliphatic heterocycles. The van der Waals surface area contributed by atoms with Crippen molar-refractivity contribution in [3.63, 3.8) is 0 Å². The number of H-pyrrole nitrogens is 1. The van der Waals surface area contributed by atoms with Gasteiger partial charge in [-0.3, -0.25) is 9.89 Å². The van der Waals surface area contributed by atoms with Crippen LogP contribution >= 0.6 is 0 Å². The maximum atomic E-state index is 13.1. The number of aromatic amines is 1. The molecule has 0 spiro atoms. The van der Waals surface area contributed by atoms with Crippen LogP contribution in [0.1, 0.15) is 37.6 Å². The Morgan fingerprint density at radius 3 is 1.86 bits per heavy atom. The van der Waals surface area contributed by atoms with Crippen LogP contribution in [0.2, 0.25) is 0 Å². The Morgan fingerprint density at radius 1 is 0.857 bits per heavy atom. The fraction of sp³-hybridized carbons (Fsp3) is 0.333. The van der Waals surface area contributed by atoms with Crippen molar-refractivity contribution in [2.75, 3.05) is 0 Å². The third kappa shape index (κ3) is 3.76. The fourth-order valence-electron chi connectivity index (χ4n) is 2.63. The van der Waals surface area contributed by atoms with Crippen LogP contribution < -0.4 is 5.56 Å². The van der Waals surface area contributed by atoms with E-state index in [0.717, 1.165) is 10.6 Å². The minimum Gasteiger partial charge on any atom is -0.293 e. The molecule has 0 saturated carbocycles. The van der Waals surface area contributed by atoms with Gasteiger partial charge in [-0.2, -0.15) is 26.3 Å². The first-order valence-corrected chi connectivity index (χ1v) is 8.09. The number of benzene rings is 1. The van der Waals surface area contributed by atoms with E-state index in [0.29, 0.717) is 17.8 Å². The maximum absolute atomic E-state index is 13.1. The monoisotopic (exact) mass is 403 g/mol. The van der Waals surface area contributed by atoms with Crippen molar-refractivity contribution in [1.82, 2.24) is 14.6 Å². The van der Waals surface area contributed by atoms with Gasteiger partial charge < -0.3 is 0 Å². The molecule has 150 valence electrons. The summed E-state index contributed by atoms with van der Waals surface area (Å²) in [5.41, 5.74) is -3.96. The molecule has 4 nitrogen and oxygen atoms in total. The summed E-state index contributed by atoms with van der Waals surface area (Å²) in [6.07, 6.45) is -9.97. The Morgan fingerprint density at radius 2 is 1.39 bits per heavy atom. The van der Waals surface area contributed by atoms with E-state index in [9.17, 15) is 31.1 Å². The van der Waals surface area contributed by atoms with Gasteiger partial charge in [0, 0.05) is 28.8 Å². The van der Waals surface area contributed by atoms with Crippen LogP contribution in [0.5, 0.6) is 0 Å². The lowest BCUT2D eigenvalue weighted by molar-refractivity contribution is -0.143. The summed E-state index contributed by atoms with van der Waals surface area (Å²) in [6, 6.07) is 3.55. The van der Waals surface area contributed by atoms with E-state index in [1.165, 1.54) is 6.07 Å². The molecule has 1 aromatic carbocycles. The first kappa shape index (κ1) is 20.0. The smallest absolute Gasteiger partial charge is 0.293 e. The Hall–Kier alpha value is -2.78. The minimum absolute atomic E-state index is 0.0306. The van der Waals surface area contributed by atoms with Crippen LogP contribution in [-0.2, 0) is 17.8 Å². The van der Waals surface area contributed by atoms with Gasteiger partial charge >= 0.3 is 12.4 Å². The number of nitrogens with one attached hydrogen (secondary N) is 1. The van der Waals surface area contributed by atoms with E-state index >= 15 is 0 Å². The fourth-order valence-corrected chi connectivity index (χ4v) is 2.63. The van der Waals surface area contributed by atoms with Gasteiger partial charge in [0.1, 0.15) is 0 Å². The maximum Gasteiger partial charge on any atom is 0.416 e. The van der Waals surface area contributed by atoms with Crippen LogP contribution in [0, 0.1) is 0 Å². The Labute approximate surface area is 154 Å². The zero-order chi connectivity index (χ0) is 21.1. The van der Waals surface area contributed by atoms with Gasteiger partial charge in [0.2, 0.25) is 0 Å². The van der Waals surface area contributed by atoms with E-state index in [1.807, 2.05) is 20.8 Å². The predicted octanol–water partition coefficient (Wildman–Crippen LogP) is 5.02. The number of aromatic nitrogens is 3. The van der Waals surface area contributed by atoms with E-state index in [1.54, 1.807) is 0 Å². The number of alkyl halides is 6. The topological polar surface area (TPSA) is 50.2 Å². The molecule has 3 aromatic rings. The second-order valence-electron chi connectivity index (χ2n) is 7.39. The lowest BCUT2D eigenvalue weighted by atomic mass is 9.93. The molecule has 28 heavy (non-hydrogen) atoms. The standard InChI is InChI=1S/C18H15F6N3O/c1-16(2,3)13-8-14-25-12(7-15(28)27(14)26-13)9-4-10(17(19,20)21)6-11(5-9)18(22,23)24/h4-8,26H,1-3H3. The van der Waals surface area contributed by atoms with Crippen LogP contribution in [0.4, 0.5) is 26.3 Å². The number of fused-ring (bicyclic) bond motifs is 1. The summed E-state index contributed by atoms with van der Waals surface area (Å²) < 4.78 is 79.4. The molecule has 3 rings (SSSR count). The number of rotatable bonds is 1. The quantitative estimate of drug-likeness (QED) is 0.580. The van der Waals surface area contributed by atoms with Crippen LogP contribution in [0.25, 0.3) is 16.9 Å². The van der Waals surface area contributed by atoms with Crippen molar-refractivity contribution in [3.05, 3.63) is 57.5 Å². The molecular weight excluding hydrogens is 388 g/mol. The number of hydrogen-bond donors (Lipinski definition) is 1. The number of nitrogens with zero attached hydrogens (tertiary/aromatic N) is 2. The Bertz CT molecular complexity index is 1070. The minimum atomic E-state index is -4.98. The number of halogens is 6. The van der Waals surface area contributed by atoms with Crippen molar-refractivity contribution in [2.45, 2.75) is 38.5 Å². The summed E-state index contributed by atoms with van der Waals surface area (Å²) in [4.78, 5) is 16.4. The van der Waals surface area contributed by atoms with Gasteiger partial charge in [0.15, 0.2) is 5.65 Å². The highest BCUT2D eigenvalue weighted by Gasteiger charge is 2.37. The van der Waals surface area contributed by atoms with Gasteiger partial charge in [-0.25, -0.2) is 9.50 Å². The molecule has 0 bridgehead atoms. The third-order valence-corrected chi connectivity index (χ3v) is 4.14. The first-order chi connectivity index (χ1) is 12.7. The van der Waals surface area contributed by atoms with Crippen molar-refractivity contribution in [3.8, 4) is 11.3 Å². The zero-order valence-electron chi connectivity index (χ0n) is 15.0. The first-order valence-electron chi connectivity index (χ1n) is 8.09. The Balaban J connectivity index is 2.25. The van der Waals surface area contributed by atoms with Crippen molar-refractivity contribution >= 4 is 5.65 Å². The van der Waals surface area contributed by atoms with E-state index in [4.69, 9.17) is 0 Å². The summed E-state index contributed by atoms with van der Waals surface area (Å²) in [7, 11) is 0. The highest BCUT2D eigenvalue weighted by Crippen LogP contribution is 2.38.